The molecule has 1 aliphatic rings. The van der Waals surface area contributed by atoms with Crippen LogP contribution in [-0.2, 0) is 11.4 Å². The summed E-state index contributed by atoms with van der Waals surface area (Å²) in [6, 6.07) is 18.5. The second-order valence-electron chi connectivity index (χ2n) is 7.25. The van der Waals surface area contributed by atoms with Crippen molar-refractivity contribution < 1.29 is 14.3 Å². The number of carbonyl (C=O) groups is 1. The van der Waals surface area contributed by atoms with E-state index in [1.165, 1.54) is 11.8 Å². The van der Waals surface area contributed by atoms with E-state index in [-0.39, 0.29) is 12.5 Å². The van der Waals surface area contributed by atoms with Gasteiger partial charge in [0.25, 0.3) is 5.91 Å². The predicted octanol–water partition coefficient (Wildman–Crippen LogP) is 6.78. The Morgan fingerprint density at radius 1 is 1.03 bits per heavy atom. The van der Waals surface area contributed by atoms with Gasteiger partial charge in [-0.15, -0.1) is 0 Å². The van der Waals surface area contributed by atoms with Gasteiger partial charge in [0.05, 0.1) is 17.7 Å². The van der Waals surface area contributed by atoms with Gasteiger partial charge in [0.1, 0.15) is 6.61 Å². The van der Waals surface area contributed by atoms with Gasteiger partial charge in [-0.05, 0) is 66.7 Å². The fourth-order valence-electron chi connectivity index (χ4n) is 3.06. The van der Waals surface area contributed by atoms with Gasteiger partial charge in [-0.25, -0.2) is 4.99 Å². The van der Waals surface area contributed by atoms with Crippen LogP contribution in [-0.4, -0.2) is 18.2 Å². The zero-order chi connectivity index (χ0) is 23.4. The summed E-state index contributed by atoms with van der Waals surface area (Å²) < 4.78 is 11.4. The number of methoxy groups -OCH3 is 1. The van der Waals surface area contributed by atoms with Crippen LogP contribution in [0.4, 0.5) is 5.69 Å². The van der Waals surface area contributed by atoms with Gasteiger partial charge in [0, 0.05) is 15.6 Å². The van der Waals surface area contributed by atoms with Gasteiger partial charge in [-0.3, -0.25) is 4.79 Å². The molecule has 8 heteroatoms. The van der Waals surface area contributed by atoms with E-state index in [4.69, 9.17) is 32.7 Å². The molecule has 0 atom stereocenters. The van der Waals surface area contributed by atoms with Crippen LogP contribution in [0.1, 0.15) is 16.7 Å². The van der Waals surface area contributed by atoms with E-state index < -0.39 is 0 Å². The number of thioether (sulfide) groups is 1. The normalized spacial score (nSPS) is 15.7. The summed E-state index contributed by atoms with van der Waals surface area (Å²) in [6.07, 6.45) is 1.79. The lowest BCUT2D eigenvalue weighted by Crippen LogP contribution is -2.19. The Hall–Kier alpha value is -2.93. The molecule has 0 bridgehead atoms. The fourth-order valence-corrected chi connectivity index (χ4v) is 4.36. The zero-order valence-corrected chi connectivity index (χ0v) is 20.2. The number of benzene rings is 3. The van der Waals surface area contributed by atoms with E-state index in [0.717, 1.165) is 22.4 Å². The van der Waals surface area contributed by atoms with E-state index >= 15 is 0 Å². The molecule has 0 saturated carbocycles. The molecular weight excluding hydrogens is 479 g/mol. The molecule has 3 aromatic carbocycles. The molecule has 1 N–H and O–H groups in total. The Morgan fingerprint density at radius 3 is 2.55 bits per heavy atom. The molecular formula is C25H20Cl2N2O3S. The lowest BCUT2D eigenvalue weighted by molar-refractivity contribution is -0.115. The molecule has 5 nitrogen and oxygen atoms in total. The first-order chi connectivity index (χ1) is 15.9. The highest BCUT2D eigenvalue weighted by Gasteiger charge is 2.24. The zero-order valence-electron chi connectivity index (χ0n) is 17.9. The molecule has 3 aromatic rings. The number of aliphatic imine (C=N–C) groups is 1. The number of carbonyl (C=O) groups excluding carboxylic acids is 1. The van der Waals surface area contributed by atoms with Crippen molar-refractivity contribution in [1.82, 2.24) is 5.32 Å². The van der Waals surface area contributed by atoms with Gasteiger partial charge in [-0.2, -0.15) is 0 Å². The monoisotopic (exact) mass is 498 g/mol. The first-order valence-electron chi connectivity index (χ1n) is 10.0. The summed E-state index contributed by atoms with van der Waals surface area (Å²) in [7, 11) is 1.57. The number of hydrogen-bond donors (Lipinski definition) is 1. The van der Waals surface area contributed by atoms with Gasteiger partial charge >= 0.3 is 0 Å². The molecule has 0 unspecified atom stereocenters. The van der Waals surface area contributed by atoms with Crippen LogP contribution in [0.25, 0.3) is 6.08 Å². The Bertz CT molecular complexity index is 1260. The average molecular weight is 499 g/mol. The minimum atomic E-state index is -0.192. The van der Waals surface area contributed by atoms with Crippen LogP contribution in [0.3, 0.4) is 0 Å². The molecule has 168 valence electrons. The van der Waals surface area contributed by atoms with E-state index in [9.17, 15) is 4.79 Å². The van der Waals surface area contributed by atoms with Crippen LogP contribution in [0.15, 0.2) is 70.6 Å². The largest absolute Gasteiger partial charge is 0.493 e. The first kappa shape index (κ1) is 23.2. The van der Waals surface area contributed by atoms with Gasteiger partial charge in [0.2, 0.25) is 0 Å². The SMILES string of the molecule is COc1cc(C=C2SC(=Nc3ccc(C)cc3)NC2=O)ccc1OCc1ccc(Cl)cc1Cl. The van der Waals surface area contributed by atoms with Crippen molar-refractivity contribution in [1.29, 1.82) is 0 Å². The van der Waals surface area contributed by atoms with Crippen molar-refractivity contribution >= 4 is 57.8 Å². The molecule has 1 heterocycles. The van der Waals surface area contributed by atoms with Crippen LogP contribution in [0.2, 0.25) is 10.0 Å². The van der Waals surface area contributed by atoms with Crippen LogP contribution in [0.5, 0.6) is 11.5 Å². The van der Waals surface area contributed by atoms with Crippen molar-refractivity contribution in [2.45, 2.75) is 13.5 Å². The number of nitrogens with zero attached hydrogens (tertiary/aromatic N) is 1. The average Bonchev–Trinajstić information content (AvgIpc) is 3.13. The Morgan fingerprint density at radius 2 is 1.82 bits per heavy atom. The van der Waals surface area contributed by atoms with Crippen LogP contribution < -0.4 is 14.8 Å². The quantitative estimate of drug-likeness (QED) is 0.380. The highest BCUT2D eigenvalue weighted by Crippen LogP contribution is 2.33. The molecule has 0 radical (unpaired) electrons. The maximum absolute atomic E-state index is 12.4. The maximum atomic E-state index is 12.4. The minimum Gasteiger partial charge on any atom is -0.493 e. The number of aryl methyl sites for hydroxylation is 1. The predicted molar refractivity (Wildman–Crippen MR) is 136 cm³/mol. The van der Waals surface area contributed by atoms with Gasteiger partial charge in [0.15, 0.2) is 16.7 Å². The van der Waals surface area contributed by atoms with E-state index in [1.54, 1.807) is 31.4 Å². The second kappa shape index (κ2) is 10.3. The van der Waals surface area contributed by atoms with Crippen molar-refractivity contribution in [3.63, 3.8) is 0 Å². The van der Waals surface area contributed by atoms with Crippen molar-refractivity contribution in [2.24, 2.45) is 4.99 Å². The van der Waals surface area contributed by atoms with Crippen molar-refractivity contribution in [3.8, 4) is 11.5 Å². The summed E-state index contributed by atoms with van der Waals surface area (Å²) in [5.41, 5.74) is 3.56. The summed E-state index contributed by atoms with van der Waals surface area (Å²) in [6.45, 7) is 2.28. The first-order valence-corrected chi connectivity index (χ1v) is 11.6. The number of amidine groups is 1. The third-order valence-corrected chi connectivity index (χ3v) is 6.30. The molecule has 4 rings (SSSR count). The summed E-state index contributed by atoms with van der Waals surface area (Å²) in [5, 5.41) is 4.45. The van der Waals surface area contributed by atoms with E-state index in [0.29, 0.717) is 31.6 Å². The third kappa shape index (κ3) is 5.90. The van der Waals surface area contributed by atoms with Gasteiger partial charge < -0.3 is 14.8 Å². The minimum absolute atomic E-state index is 0.192. The number of amides is 1. The number of hydrogen-bond acceptors (Lipinski definition) is 5. The van der Waals surface area contributed by atoms with Crippen molar-refractivity contribution in [3.05, 3.63) is 92.3 Å². The van der Waals surface area contributed by atoms with Crippen LogP contribution in [0, 0.1) is 6.92 Å². The lowest BCUT2D eigenvalue weighted by atomic mass is 10.2. The summed E-state index contributed by atoms with van der Waals surface area (Å²) in [5.74, 6) is 0.921. The molecule has 0 aliphatic carbocycles. The third-order valence-electron chi connectivity index (χ3n) is 4.80. The summed E-state index contributed by atoms with van der Waals surface area (Å²) in [4.78, 5) is 17.5. The molecule has 1 aliphatic heterocycles. The molecule has 1 saturated heterocycles. The molecule has 0 aromatic heterocycles. The Balaban J connectivity index is 1.48. The highest BCUT2D eigenvalue weighted by atomic mass is 35.5. The number of rotatable bonds is 6. The molecule has 0 spiro atoms. The topological polar surface area (TPSA) is 59.9 Å². The van der Waals surface area contributed by atoms with Crippen LogP contribution >= 0.6 is 35.0 Å². The van der Waals surface area contributed by atoms with E-state index in [2.05, 4.69) is 10.3 Å². The van der Waals surface area contributed by atoms with Crippen molar-refractivity contribution in [2.75, 3.05) is 7.11 Å². The molecule has 1 amide bonds. The number of nitrogens with one attached hydrogen (secondary N) is 1. The number of halogens is 2. The summed E-state index contributed by atoms with van der Waals surface area (Å²) >= 11 is 13.5. The van der Waals surface area contributed by atoms with E-state index in [1.807, 2.05) is 49.4 Å². The van der Waals surface area contributed by atoms with Gasteiger partial charge in [-0.1, -0.05) is 53.0 Å². The highest BCUT2D eigenvalue weighted by molar-refractivity contribution is 8.18. The molecule has 1 fully saturated rings. The Kier molecular flexibility index (Phi) is 7.28. The Labute approximate surface area is 206 Å². The number of ether oxygens (including phenoxy) is 2. The molecule has 33 heavy (non-hydrogen) atoms. The lowest BCUT2D eigenvalue weighted by Gasteiger charge is -2.12. The fraction of sp³-hybridized carbons (Fsp3) is 0.120. The maximum Gasteiger partial charge on any atom is 0.264 e. The standard InChI is InChI=1S/C25H20Cl2N2O3S/c1-15-3-8-19(9-4-15)28-25-29-24(30)23(33-25)12-16-5-10-21(22(11-16)31-2)32-14-17-6-7-18(26)13-20(17)27/h3-13H,14H2,1-2H3,(H,28,29,30). The smallest absolute Gasteiger partial charge is 0.264 e. The second-order valence-corrected chi connectivity index (χ2v) is 9.13.